The van der Waals surface area contributed by atoms with Gasteiger partial charge in [-0.25, -0.2) is 0 Å². The molecule has 5 nitrogen and oxygen atoms in total. The van der Waals surface area contributed by atoms with E-state index in [4.69, 9.17) is 21.7 Å². The maximum absolute atomic E-state index is 12.5. The average Bonchev–Trinajstić information content (AvgIpc) is 2.66. The zero-order chi connectivity index (χ0) is 21.4. The van der Waals surface area contributed by atoms with Crippen LogP contribution in [0.3, 0.4) is 0 Å². The van der Waals surface area contributed by atoms with Crippen LogP contribution in [0.1, 0.15) is 31.1 Å². The Morgan fingerprint density at radius 1 is 1.17 bits per heavy atom. The Morgan fingerprint density at radius 3 is 2.55 bits per heavy atom. The molecule has 0 saturated carbocycles. The third-order valence-electron chi connectivity index (χ3n) is 3.60. The van der Waals surface area contributed by atoms with E-state index in [1.54, 1.807) is 18.2 Å². The van der Waals surface area contributed by atoms with Crippen molar-refractivity contribution in [1.82, 2.24) is 5.32 Å². The van der Waals surface area contributed by atoms with Gasteiger partial charge in [0.2, 0.25) is 0 Å². The molecule has 1 amide bonds. The van der Waals surface area contributed by atoms with Crippen LogP contribution < -0.4 is 20.1 Å². The van der Waals surface area contributed by atoms with Crippen molar-refractivity contribution < 1.29 is 14.3 Å². The lowest BCUT2D eigenvalue weighted by Gasteiger charge is -2.15. The second kappa shape index (κ2) is 11.0. The van der Waals surface area contributed by atoms with E-state index in [2.05, 4.69) is 47.0 Å². The molecule has 7 heteroatoms. The van der Waals surface area contributed by atoms with Gasteiger partial charge in [0.15, 0.2) is 5.11 Å². The van der Waals surface area contributed by atoms with Crippen LogP contribution in [0.25, 0.3) is 0 Å². The number of halogens is 1. The highest BCUT2D eigenvalue weighted by atomic mass is 79.9. The van der Waals surface area contributed by atoms with Crippen molar-refractivity contribution in [1.29, 1.82) is 0 Å². The summed E-state index contributed by atoms with van der Waals surface area (Å²) < 4.78 is 12.1. The Hall–Kier alpha value is -2.38. The van der Waals surface area contributed by atoms with Crippen LogP contribution in [-0.2, 0) is 0 Å². The van der Waals surface area contributed by atoms with Crippen molar-refractivity contribution in [2.75, 3.05) is 18.5 Å². The Kier molecular flexibility index (Phi) is 8.67. The minimum atomic E-state index is -0.320. The van der Waals surface area contributed by atoms with Crippen molar-refractivity contribution >= 4 is 44.9 Å². The first-order valence-corrected chi connectivity index (χ1v) is 10.4. The van der Waals surface area contributed by atoms with Crippen LogP contribution in [0.4, 0.5) is 5.69 Å². The highest BCUT2D eigenvalue weighted by Gasteiger charge is 2.12. The number of nitrogens with one attached hydrogen (secondary N) is 2. The molecule has 29 heavy (non-hydrogen) atoms. The number of hydrogen-bond acceptors (Lipinski definition) is 4. The van der Waals surface area contributed by atoms with E-state index >= 15 is 0 Å². The zero-order valence-electron chi connectivity index (χ0n) is 16.8. The molecular formula is C22H25BrN2O3S. The number of benzene rings is 2. The van der Waals surface area contributed by atoms with Gasteiger partial charge in [0.1, 0.15) is 18.1 Å². The summed E-state index contributed by atoms with van der Waals surface area (Å²) in [5, 5.41) is 5.86. The first kappa shape index (κ1) is 22.9. The Balaban J connectivity index is 2.00. The maximum atomic E-state index is 12.5. The van der Waals surface area contributed by atoms with Crippen molar-refractivity contribution in [3.8, 4) is 11.5 Å². The summed E-state index contributed by atoms with van der Waals surface area (Å²) in [6.07, 6.45) is 0. The zero-order valence-corrected chi connectivity index (χ0v) is 19.2. The van der Waals surface area contributed by atoms with E-state index in [0.29, 0.717) is 46.4 Å². The van der Waals surface area contributed by atoms with Crippen LogP contribution in [0.15, 0.2) is 59.1 Å². The number of ether oxygens (including phenoxy) is 2. The summed E-state index contributed by atoms with van der Waals surface area (Å²) in [6.45, 7) is 10.9. The number of rotatable bonds is 8. The number of anilines is 1. The molecule has 154 valence electrons. The summed E-state index contributed by atoms with van der Waals surface area (Å²) in [5.74, 6) is 1.41. The molecule has 0 atom stereocenters. The topological polar surface area (TPSA) is 59.6 Å². The molecule has 2 aromatic rings. The van der Waals surface area contributed by atoms with Gasteiger partial charge < -0.3 is 14.8 Å². The number of para-hydroxylation sites is 2. The number of hydrogen-bond donors (Lipinski definition) is 2. The van der Waals surface area contributed by atoms with Crippen LogP contribution in [0, 0.1) is 5.92 Å². The second-order valence-electron chi connectivity index (χ2n) is 7.00. The van der Waals surface area contributed by atoms with Crippen molar-refractivity contribution in [3.05, 3.63) is 64.7 Å². The van der Waals surface area contributed by atoms with Crippen LogP contribution in [-0.4, -0.2) is 24.2 Å². The van der Waals surface area contributed by atoms with Crippen molar-refractivity contribution in [2.24, 2.45) is 5.92 Å². The minimum Gasteiger partial charge on any atom is -0.492 e. The monoisotopic (exact) mass is 476 g/mol. The predicted molar refractivity (Wildman–Crippen MR) is 125 cm³/mol. The summed E-state index contributed by atoms with van der Waals surface area (Å²) in [5.41, 5.74) is 2.03. The lowest BCUT2D eigenvalue weighted by Crippen LogP contribution is -2.34. The standard InChI is InChI=1S/C22H25BrN2O3S/c1-14(2)12-27-19-10-9-16(11-17(19)23)21(26)25-22(29)24-18-7-5-6-8-20(18)28-13-15(3)4/h5-11,14H,3,12-13H2,1-2,4H3,(H2,24,25,26,29). The Bertz CT molecular complexity index is 899. The van der Waals surface area contributed by atoms with Crippen LogP contribution >= 0.6 is 28.1 Å². The van der Waals surface area contributed by atoms with E-state index in [1.807, 2.05) is 31.2 Å². The van der Waals surface area contributed by atoms with E-state index in [9.17, 15) is 4.79 Å². The normalized spacial score (nSPS) is 10.4. The first-order chi connectivity index (χ1) is 13.8. The van der Waals surface area contributed by atoms with E-state index in [-0.39, 0.29) is 11.0 Å². The number of amides is 1. The highest BCUT2D eigenvalue weighted by Crippen LogP contribution is 2.27. The minimum absolute atomic E-state index is 0.178. The Labute approximate surface area is 185 Å². The number of thiocarbonyl (C=S) groups is 1. The van der Waals surface area contributed by atoms with Gasteiger partial charge in [-0.05, 0) is 76.9 Å². The largest absolute Gasteiger partial charge is 0.492 e. The molecule has 0 bridgehead atoms. The Morgan fingerprint density at radius 2 is 1.90 bits per heavy atom. The third kappa shape index (κ3) is 7.51. The van der Waals surface area contributed by atoms with Gasteiger partial charge in [-0.15, -0.1) is 0 Å². The summed E-state index contributed by atoms with van der Waals surface area (Å²) in [7, 11) is 0. The molecule has 0 aliphatic carbocycles. The highest BCUT2D eigenvalue weighted by molar-refractivity contribution is 9.10. The third-order valence-corrected chi connectivity index (χ3v) is 4.43. The van der Waals surface area contributed by atoms with Gasteiger partial charge in [0.05, 0.1) is 16.8 Å². The van der Waals surface area contributed by atoms with Gasteiger partial charge in [-0.1, -0.05) is 32.6 Å². The smallest absolute Gasteiger partial charge is 0.257 e. The van der Waals surface area contributed by atoms with E-state index in [1.165, 1.54) is 0 Å². The fourth-order valence-electron chi connectivity index (χ4n) is 2.24. The van der Waals surface area contributed by atoms with Gasteiger partial charge in [0, 0.05) is 5.56 Å². The maximum Gasteiger partial charge on any atom is 0.257 e. The second-order valence-corrected chi connectivity index (χ2v) is 8.26. The van der Waals surface area contributed by atoms with Gasteiger partial charge >= 0.3 is 0 Å². The fraction of sp³-hybridized carbons (Fsp3) is 0.273. The predicted octanol–water partition coefficient (Wildman–Crippen LogP) is 5.57. The van der Waals surface area contributed by atoms with E-state index < -0.39 is 0 Å². The molecule has 0 saturated heterocycles. The summed E-state index contributed by atoms with van der Waals surface area (Å²) in [6, 6.07) is 12.5. The average molecular weight is 477 g/mol. The molecule has 2 N–H and O–H groups in total. The molecule has 0 unspecified atom stereocenters. The molecule has 2 aromatic carbocycles. The summed E-state index contributed by atoms with van der Waals surface area (Å²) in [4.78, 5) is 12.5. The SMILES string of the molecule is C=C(C)COc1ccccc1NC(=S)NC(=O)c1ccc(OCC(C)C)c(Br)c1. The molecule has 0 heterocycles. The summed E-state index contributed by atoms with van der Waals surface area (Å²) >= 11 is 8.73. The molecular weight excluding hydrogens is 452 g/mol. The van der Waals surface area contributed by atoms with Crippen LogP contribution in [0.2, 0.25) is 0 Å². The quantitative estimate of drug-likeness (QED) is 0.385. The molecule has 0 fully saturated rings. The van der Waals surface area contributed by atoms with Crippen molar-refractivity contribution in [2.45, 2.75) is 20.8 Å². The number of carbonyl (C=O) groups is 1. The molecule has 0 spiro atoms. The lowest BCUT2D eigenvalue weighted by atomic mass is 10.2. The molecule has 0 aromatic heterocycles. The van der Waals surface area contributed by atoms with Gasteiger partial charge in [-0.3, -0.25) is 10.1 Å². The molecule has 0 aliphatic rings. The molecule has 0 radical (unpaired) electrons. The first-order valence-electron chi connectivity index (χ1n) is 9.17. The molecule has 0 aliphatic heterocycles. The van der Waals surface area contributed by atoms with Crippen LogP contribution in [0.5, 0.6) is 11.5 Å². The van der Waals surface area contributed by atoms with Crippen molar-refractivity contribution in [3.63, 3.8) is 0 Å². The lowest BCUT2D eigenvalue weighted by molar-refractivity contribution is 0.0977. The van der Waals surface area contributed by atoms with E-state index in [0.717, 1.165) is 5.57 Å². The van der Waals surface area contributed by atoms with Gasteiger partial charge in [0.25, 0.3) is 5.91 Å². The number of carbonyl (C=O) groups excluding carboxylic acids is 1. The van der Waals surface area contributed by atoms with Gasteiger partial charge in [-0.2, -0.15) is 0 Å². The molecule has 2 rings (SSSR count). The fourth-order valence-corrected chi connectivity index (χ4v) is 2.94.